The number of carbonyl (C=O) groups excluding carboxylic acids is 1. The molecule has 1 fully saturated rings. The molecule has 148 valence electrons. The van der Waals surface area contributed by atoms with E-state index in [-0.39, 0.29) is 16.8 Å². The number of hydrogen-bond acceptors (Lipinski definition) is 4. The Morgan fingerprint density at radius 1 is 1.11 bits per heavy atom. The van der Waals surface area contributed by atoms with Crippen molar-refractivity contribution in [2.24, 2.45) is 0 Å². The highest BCUT2D eigenvalue weighted by atomic mass is 35.5. The van der Waals surface area contributed by atoms with Crippen LogP contribution in [-0.2, 0) is 10.0 Å². The highest BCUT2D eigenvalue weighted by molar-refractivity contribution is 7.92. The second kappa shape index (κ2) is 7.64. The number of amides is 1. The molecule has 0 spiro atoms. The van der Waals surface area contributed by atoms with Crippen LogP contribution in [0, 0.1) is 0 Å². The Labute approximate surface area is 169 Å². The van der Waals surface area contributed by atoms with Gasteiger partial charge in [-0.15, -0.1) is 0 Å². The molecular formula is C20H21ClN2O4S. The Hall–Kier alpha value is -2.25. The number of benzene rings is 2. The van der Waals surface area contributed by atoms with Gasteiger partial charge >= 0.3 is 0 Å². The Balaban J connectivity index is 1.65. The number of ether oxygens (including phenoxy) is 1. The topological polar surface area (TPSA) is 75.7 Å². The van der Waals surface area contributed by atoms with Crippen LogP contribution in [0.3, 0.4) is 0 Å². The van der Waals surface area contributed by atoms with E-state index in [1.54, 1.807) is 30.3 Å². The molecule has 2 aromatic rings. The molecule has 2 aromatic carbocycles. The van der Waals surface area contributed by atoms with Gasteiger partial charge in [0.15, 0.2) is 0 Å². The second-order valence-corrected chi connectivity index (χ2v) is 9.18. The monoisotopic (exact) mass is 420 g/mol. The molecule has 1 N–H and O–H groups in total. The highest BCUT2D eigenvalue weighted by Crippen LogP contribution is 2.31. The lowest BCUT2D eigenvalue weighted by Crippen LogP contribution is -2.45. The Bertz CT molecular complexity index is 1010. The number of sulfonamides is 1. The van der Waals surface area contributed by atoms with Crippen molar-refractivity contribution in [2.75, 3.05) is 17.9 Å². The lowest BCUT2D eigenvalue weighted by atomic mass is 9.97. The van der Waals surface area contributed by atoms with Gasteiger partial charge in [-0.05, 0) is 55.7 Å². The minimum absolute atomic E-state index is 0.0606. The standard InChI is InChI=1S/C20H21ClN2O4S/c21-14-4-3-6-17(12-14)28(25,26)22-15-7-8-19-18(13-15)20(24)23-10-2-1-5-16(23)9-11-27-19/h3-4,6-8,12-13,16,22H,1-2,5,9-11H2. The van der Waals surface area contributed by atoms with Crippen molar-refractivity contribution < 1.29 is 17.9 Å². The summed E-state index contributed by atoms with van der Waals surface area (Å²) in [5.74, 6) is 0.378. The van der Waals surface area contributed by atoms with E-state index in [9.17, 15) is 13.2 Å². The van der Waals surface area contributed by atoms with Crippen molar-refractivity contribution in [1.82, 2.24) is 4.90 Å². The summed E-state index contributed by atoms with van der Waals surface area (Å²) >= 11 is 5.91. The zero-order chi connectivity index (χ0) is 19.7. The molecule has 0 saturated carbocycles. The fourth-order valence-electron chi connectivity index (χ4n) is 3.76. The molecule has 8 heteroatoms. The number of rotatable bonds is 3. The molecule has 2 heterocycles. The molecule has 1 atom stereocenters. The highest BCUT2D eigenvalue weighted by Gasteiger charge is 2.31. The SMILES string of the molecule is O=C1c2cc(NS(=O)(=O)c3cccc(Cl)c3)ccc2OCCC2CCCCN12. The summed E-state index contributed by atoms with van der Waals surface area (Å²) in [4.78, 5) is 15.1. The maximum Gasteiger partial charge on any atom is 0.261 e. The van der Waals surface area contributed by atoms with Crippen molar-refractivity contribution in [1.29, 1.82) is 0 Å². The molecule has 0 radical (unpaired) electrons. The summed E-state index contributed by atoms with van der Waals surface area (Å²) < 4.78 is 33.6. The van der Waals surface area contributed by atoms with Gasteiger partial charge < -0.3 is 9.64 Å². The average Bonchev–Trinajstić information content (AvgIpc) is 2.67. The quantitative estimate of drug-likeness (QED) is 0.816. The van der Waals surface area contributed by atoms with Gasteiger partial charge in [-0.25, -0.2) is 8.42 Å². The van der Waals surface area contributed by atoms with Gasteiger partial charge in [-0.1, -0.05) is 17.7 Å². The maximum atomic E-state index is 13.1. The lowest BCUT2D eigenvalue weighted by Gasteiger charge is -2.37. The number of anilines is 1. The molecule has 1 unspecified atom stereocenters. The summed E-state index contributed by atoms with van der Waals surface area (Å²) in [6, 6.07) is 11.0. The molecule has 4 rings (SSSR count). The first-order chi connectivity index (χ1) is 13.4. The Morgan fingerprint density at radius 2 is 1.96 bits per heavy atom. The molecular weight excluding hydrogens is 400 g/mol. The third-order valence-electron chi connectivity index (χ3n) is 5.17. The molecule has 28 heavy (non-hydrogen) atoms. The largest absolute Gasteiger partial charge is 0.493 e. The first-order valence-electron chi connectivity index (χ1n) is 9.30. The zero-order valence-corrected chi connectivity index (χ0v) is 16.8. The van der Waals surface area contributed by atoms with Crippen LogP contribution < -0.4 is 9.46 Å². The van der Waals surface area contributed by atoms with Gasteiger partial charge in [-0.2, -0.15) is 0 Å². The Kier molecular flexibility index (Phi) is 5.21. The van der Waals surface area contributed by atoms with Crippen LogP contribution in [0.15, 0.2) is 47.4 Å². The average molecular weight is 421 g/mol. The zero-order valence-electron chi connectivity index (χ0n) is 15.2. The minimum atomic E-state index is -3.82. The van der Waals surface area contributed by atoms with Crippen molar-refractivity contribution in [3.8, 4) is 5.75 Å². The summed E-state index contributed by atoms with van der Waals surface area (Å²) in [6.07, 6.45) is 3.89. The van der Waals surface area contributed by atoms with Gasteiger partial charge in [0.1, 0.15) is 5.75 Å². The van der Waals surface area contributed by atoms with Crippen LogP contribution in [0.1, 0.15) is 36.0 Å². The predicted molar refractivity (Wildman–Crippen MR) is 107 cm³/mol. The van der Waals surface area contributed by atoms with Gasteiger partial charge in [0.05, 0.1) is 17.1 Å². The maximum absolute atomic E-state index is 13.1. The second-order valence-electron chi connectivity index (χ2n) is 7.06. The van der Waals surface area contributed by atoms with Crippen LogP contribution in [0.25, 0.3) is 0 Å². The van der Waals surface area contributed by atoms with Gasteiger partial charge in [0, 0.05) is 29.7 Å². The lowest BCUT2D eigenvalue weighted by molar-refractivity contribution is 0.0548. The number of hydrogen-bond donors (Lipinski definition) is 1. The van der Waals surface area contributed by atoms with Gasteiger partial charge in [-0.3, -0.25) is 9.52 Å². The molecule has 2 aliphatic heterocycles. The molecule has 6 nitrogen and oxygen atoms in total. The van der Waals surface area contributed by atoms with E-state index >= 15 is 0 Å². The molecule has 2 aliphatic rings. The van der Waals surface area contributed by atoms with E-state index in [4.69, 9.17) is 16.3 Å². The molecule has 0 aliphatic carbocycles. The summed E-state index contributed by atoms with van der Waals surface area (Å²) in [5.41, 5.74) is 0.697. The summed E-state index contributed by atoms with van der Waals surface area (Å²) in [7, 11) is -3.82. The first kappa shape index (κ1) is 19.1. The number of piperidine rings is 1. The van der Waals surface area contributed by atoms with Crippen LogP contribution in [0.2, 0.25) is 5.02 Å². The first-order valence-corrected chi connectivity index (χ1v) is 11.2. The number of fused-ring (bicyclic) bond motifs is 2. The van der Waals surface area contributed by atoms with E-state index in [1.807, 2.05) is 4.90 Å². The van der Waals surface area contributed by atoms with Crippen molar-refractivity contribution in [3.63, 3.8) is 0 Å². The fraction of sp³-hybridized carbons (Fsp3) is 0.350. The normalized spacial score (nSPS) is 19.7. The predicted octanol–water partition coefficient (Wildman–Crippen LogP) is 3.92. The number of nitrogens with zero attached hydrogens (tertiary/aromatic N) is 1. The smallest absolute Gasteiger partial charge is 0.261 e. The van der Waals surface area contributed by atoms with E-state index in [0.717, 1.165) is 32.2 Å². The van der Waals surface area contributed by atoms with E-state index in [1.165, 1.54) is 12.1 Å². The molecule has 0 aromatic heterocycles. The van der Waals surface area contributed by atoms with Crippen LogP contribution >= 0.6 is 11.6 Å². The van der Waals surface area contributed by atoms with Gasteiger partial charge in [0.2, 0.25) is 0 Å². The van der Waals surface area contributed by atoms with Crippen molar-refractivity contribution >= 4 is 33.2 Å². The van der Waals surface area contributed by atoms with E-state index in [2.05, 4.69) is 4.72 Å². The van der Waals surface area contributed by atoms with Crippen molar-refractivity contribution in [3.05, 3.63) is 53.1 Å². The molecule has 1 saturated heterocycles. The van der Waals surface area contributed by atoms with Crippen LogP contribution in [-0.4, -0.2) is 38.4 Å². The van der Waals surface area contributed by atoms with E-state index in [0.29, 0.717) is 28.6 Å². The summed E-state index contributed by atoms with van der Waals surface area (Å²) in [6.45, 7) is 1.26. The van der Waals surface area contributed by atoms with Crippen molar-refractivity contribution in [2.45, 2.75) is 36.6 Å². The fourth-order valence-corrected chi connectivity index (χ4v) is 5.11. The molecule has 0 bridgehead atoms. The number of halogens is 1. The number of nitrogens with one attached hydrogen (secondary N) is 1. The van der Waals surface area contributed by atoms with Crippen LogP contribution in [0.5, 0.6) is 5.75 Å². The number of carbonyl (C=O) groups is 1. The summed E-state index contributed by atoms with van der Waals surface area (Å²) in [5, 5.41) is 0.334. The van der Waals surface area contributed by atoms with Gasteiger partial charge in [0.25, 0.3) is 15.9 Å². The van der Waals surface area contributed by atoms with Crippen LogP contribution in [0.4, 0.5) is 5.69 Å². The molecule has 1 amide bonds. The van der Waals surface area contributed by atoms with E-state index < -0.39 is 10.0 Å². The third kappa shape index (κ3) is 3.82. The Morgan fingerprint density at radius 3 is 2.79 bits per heavy atom. The third-order valence-corrected chi connectivity index (χ3v) is 6.78. The minimum Gasteiger partial charge on any atom is -0.493 e.